The standard InChI is InChI=1S/C5H13N.C4H7NO/c1-4-5-6(2)3;1-3-4(6)5-2/h4-5H2,1-3H3;3H,1H2,2H3,(H,5,6). The van der Waals surface area contributed by atoms with Crippen molar-refractivity contribution in [2.45, 2.75) is 13.3 Å². The Labute approximate surface area is 75.4 Å². The van der Waals surface area contributed by atoms with Gasteiger partial charge in [0.2, 0.25) is 5.91 Å². The molecule has 0 rings (SSSR count). The summed E-state index contributed by atoms with van der Waals surface area (Å²) >= 11 is 0. The van der Waals surface area contributed by atoms with Crippen LogP contribution in [0.1, 0.15) is 13.3 Å². The SMILES string of the molecule is C=CC(=O)NC.CCCN(C)C. The van der Waals surface area contributed by atoms with Gasteiger partial charge in [-0.3, -0.25) is 4.79 Å². The van der Waals surface area contributed by atoms with Crippen LogP contribution in [0, 0.1) is 0 Å². The fourth-order valence-corrected chi connectivity index (χ4v) is 0.549. The third kappa shape index (κ3) is 16.1. The minimum absolute atomic E-state index is 0.144. The van der Waals surface area contributed by atoms with Crippen LogP contribution in [0.4, 0.5) is 0 Å². The van der Waals surface area contributed by atoms with E-state index in [1.54, 1.807) is 7.05 Å². The molecule has 0 atom stereocenters. The van der Waals surface area contributed by atoms with Gasteiger partial charge in [-0.1, -0.05) is 13.5 Å². The summed E-state index contributed by atoms with van der Waals surface area (Å²) in [4.78, 5) is 12.1. The molecule has 0 aromatic rings. The molecule has 72 valence electrons. The Morgan fingerprint density at radius 1 is 1.58 bits per heavy atom. The molecule has 0 spiro atoms. The highest BCUT2D eigenvalue weighted by Gasteiger charge is 1.79. The second-order valence-corrected chi connectivity index (χ2v) is 2.62. The van der Waals surface area contributed by atoms with Crippen molar-refractivity contribution in [2.24, 2.45) is 0 Å². The lowest BCUT2D eigenvalue weighted by Gasteiger charge is -2.03. The quantitative estimate of drug-likeness (QED) is 0.641. The number of nitrogens with zero attached hydrogens (tertiary/aromatic N) is 1. The third-order valence-electron chi connectivity index (χ3n) is 1.10. The summed E-state index contributed by atoms with van der Waals surface area (Å²) in [6, 6.07) is 0. The van der Waals surface area contributed by atoms with Crippen molar-refractivity contribution in [3.8, 4) is 0 Å². The topological polar surface area (TPSA) is 32.3 Å². The second kappa shape index (κ2) is 10.2. The summed E-state index contributed by atoms with van der Waals surface area (Å²) in [5, 5.41) is 2.36. The van der Waals surface area contributed by atoms with Gasteiger partial charge in [0, 0.05) is 7.05 Å². The number of hydrogen-bond acceptors (Lipinski definition) is 2. The minimum atomic E-state index is -0.144. The highest BCUT2D eigenvalue weighted by Crippen LogP contribution is 1.76. The van der Waals surface area contributed by atoms with E-state index >= 15 is 0 Å². The van der Waals surface area contributed by atoms with Crippen molar-refractivity contribution in [2.75, 3.05) is 27.7 Å². The van der Waals surface area contributed by atoms with E-state index in [9.17, 15) is 4.79 Å². The van der Waals surface area contributed by atoms with Crippen molar-refractivity contribution in [3.63, 3.8) is 0 Å². The molecule has 0 aromatic heterocycles. The molecule has 1 amide bonds. The lowest BCUT2D eigenvalue weighted by molar-refractivity contribution is -0.116. The molecule has 3 heteroatoms. The lowest BCUT2D eigenvalue weighted by Crippen LogP contribution is -2.13. The van der Waals surface area contributed by atoms with Gasteiger partial charge < -0.3 is 10.2 Å². The van der Waals surface area contributed by atoms with Gasteiger partial charge in [0.25, 0.3) is 0 Å². The van der Waals surface area contributed by atoms with Gasteiger partial charge in [0.1, 0.15) is 0 Å². The van der Waals surface area contributed by atoms with Crippen LogP contribution in [-0.2, 0) is 4.79 Å². The first-order valence-corrected chi connectivity index (χ1v) is 4.07. The average Bonchev–Trinajstić information content (AvgIpc) is 2.04. The van der Waals surface area contributed by atoms with Crippen LogP contribution in [0.3, 0.4) is 0 Å². The van der Waals surface area contributed by atoms with E-state index in [0.29, 0.717) is 0 Å². The molecule has 0 saturated carbocycles. The highest BCUT2D eigenvalue weighted by molar-refractivity contribution is 5.86. The summed E-state index contributed by atoms with van der Waals surface area (Å²) in [5.41, 5.74) is 0. The Balaban J connectivity index is 0. The van der Waals surface area contributed by atoms with Gasteiger partial charge >= 0.3 is 0 Å². The van der Waals surface area contributed by atoms with Crippen LogP contribution in [0.2, 0.25) is 0 Å². The van der Waals surface area contributed by atoms with Gasteiger partial charge in [-0.2, -0.15) is 0 Å². The highest BCUT2D eigenvalue weighted by atomic mass is 16.1. The van der Waals surface area contributed by atoms with E-state index in [1.807, 2.05) is 0 Å². The molecule has 0 saturated heterocycles. The van der Waals surface area contributed by atoms with Crippen LogP contribution in [0.25, 0.3) is 0 Å². The zero-order chi connectivity index (χ0) is 9.98. The smallest absolute Gasteiger partial charge is 0.243 e. The van der Waals surface area contributed by atoms with Gasteiger partial charge in [-0.05, 0) is 33.1 Å². The van der Waals surface area contributed by atoms with Gasteiger partial charge in [-0.25, -0.2) is 0 Å². The maximum absolute atomic E-state index is 9.95. The third-order valence-corrected chi connectivity index (χ3v) is 1.10. The van der Waals surface area contributed by atoms with Crippen molar-refractivity contribution >= 4 is 5.91 Å². The summed E-state index contributed by atoms with van der Waals surface area (Å²) in [6.45, 7) is 6.61. The average molecular weight is 172 g/mol. The molecule has 0 fully saturated rings. The Morgan fingerprint density at radius 3 is 2.08 bits per heavy atom. The molecule has 1 N–H and O–H groups in total. The maximum Gasteiger partial charge on any atom is 0.243 e. The number of likely N-dealkylation sites (N-methyl/N-ethyl adjacent to an activating group) is 1. The van der Waals surface area contributed by atoms with Crippen molar-refractivity contribution < 1.29 is 4.79 Å². The zero-order valence-corrected chi connectivity index (χ0v) is 8.55. The number of carbonyl (C=O) groups excluding carboxylic acids is 1. The fourth-order valence-electron chi connectivity index (χ4n) is 0.549. The van der Waals surface area contributed by atoms with E-state index in [0.717, 1.165) is 0 Å². The molecule has 0 radical (unpaired) electrons. The summed E-state index contributed by atoms with van der Waals surface area (Å²) < 4.78 is 0. The van der Waals surface area contributed by atoms with E-state index in [1.165, 1.54) is 19.0 Å². The Bertz CT molecular complexity index is 122. The monoisotopic (exact) mass is 172 g/mol. The fraction of sp³-hybridized carbons (Fsp3) is 0.667. The number of hydrogen-bond donors (Lipinski definition) is 1. The molecule has 0 heterocycles. The Hall–Kier alpha value is -0.830. The zero-order valence-electron chi connectivity index (χ0n) is 8.55. The molecule has 3 nitrogen and oxygen atoms in total. The minimum Gasteiger partial charge on any atom is -0.356 e. The normalized spacial score (nSPS) is 8.42. The molecule has 0 unspecified atom stereocenters. The molecule has 0 aliphatic carbocycles. The van der Waals surface area contributed by atoms with Gasteiger partial charge in [-0.15, -0.1) is 0 Å². The molecule has 0 aromatic carbocycles. The number of amides is 1. The van der Waals surface area contributed by atoms with E-state index < -0.39 is 0 Å². The Kier molecular flexibility index (Phi) is 11.6. The largest absolute Gasteiger partial charge is 0.356 e. The first kappa shape index (κ1) is 13.7. The number of carbonyl (C=O) groups is 1. The van der Waals surface area contributed by atoms with Crippen LogP contribution < -0.4 is 5.32 Å². The van der Waals surface area contributed by atoms with E-state index in [-0.39, 0.29) is 5.91 Å². The maximum atomic E-state index is 9.95. The summed E-state index contributed by atoms with van der Waals surface area (Å²) in [6.07, 6.45) is 2.48. The van der Waals surface area contributed by atoms with Crippen LogP contribution >= 0.6 is 0 Å². The predicted octanol–water partition coefficient (Wildman–Crippen LogP) is 0.876. The van der Waals surface area contributed by atoms with E-state index in [4.69, 9.17) is 0 Å². The predicted molar refractivity (Wildman–Crippen MR) is 53.1 cm³/mol. The van der Waals surface area contributed by atoms with Crippen LogP contribution in [-0.4, -0.2) is 38.5 Å². The molecular weight excluding hydrogens is 152 g/mol. The van der Waals surface area contributed by atoms with Gasteiger partial charge in [0.15, 0.2) is 0 Å². The first-order valence-electron chi connectivity index (χ1n) is 4.07. The Morgan fingerprint density at radius 2 is 2.08 bits per heavy atom. The number of rotatable bonds is 3. The molecule has 0 aliphatic rings. The first-order chi connectivity index (χ1) is 5.58. The number of nitrogens with one attached hydrogen (secondary N) is 1. The summed E-state index contributed by atoms with van der Waals surface area (Å²) in [7, 11) is 5.73. The summed E-state index contributed by atoms with van der Waals surface area (Å²) in [5.74, 6) is -0.144. The van der Waals surface area contributed by atoms with Gasteiger partial charge in [0.05, 0.1) is 0 Å². The van der Waals surface area contributed by atoms with Crippen LogP contribution in [0.5, 0.6) is 0 Å². The molecular formula is C9H20N2O. The molecule has 0 aliphatic heterocycles. The van der Waals surface area contributed by atoms with Crippen molar-refractivity contribution in [1.29, 1.82) is 0 Å². The molecule has 12 heavy (non-hydrogen) atoms. The van der Waals surface area contributed by atoms with Crippen molar-refractivity contribution in [3.05, 3.63) is 12.7 Å². The van der Waals surface area contributed by atoms with Crippen molar-refractivity contribution in [1.82, 2.24) is 10.2 Å². The van der Waals surface area contributed by atoms with Crippen LogP contribution in [0.15, 0.2) is 12.7 Å². The second-order valence-electron chi connectivity index (χ2n) is 2.62. The molecule has 0 bridgehead atoms. The lowest BCUT2D eigenvalue weighted by atomic mass is 10.5. The van der Waals surface area contributed by atoms with E-state index in [2.05, 4.69) is 37.8 Å².